The van der Waals surface area contributed by atoms with Gasteiger partial charge in [-0.05, 0) is 38.9 Å². The minimum absolute atomic E-state index is 0.651. The van der Waals surface area contributed by atoms with Crippen molar-refractivity contribution in [1.29, 1.82) is 0 Å². The summed E-state index contributed by atoms with van der Waals surface area (Å²) in [4.78, 5) is 7.09. The lowest BCUT2D eigenvalue weighted by Crippen LogP contribution is -2.32. The van der Waals surface area contributed by atoms with E-state index in [0.717, 1.165) is 43.4 Å². The number of hydrogen-bond acceptors (Lipinski definition) is 5. The second-order valence-corrected chi connectivity index (χ2v) is 6.31. The predicted octanol–water partition coefficient (Wildman–Crippen LogP) is 2.65. The van der Waals surface area contributed by atoms with E-state index in [9.17, 15) is 0 Å². The molecule has 1 fully saturated rings. The van der Waals surface area contributed by atoms with Crippen LogP contribution < -0.4 is 5.32 Å². The van der Waals surface area contributed by atoms with E-state index in [1.165, 1.54) is 32.4 Å². The fourth-order valence-corrected chi connectivity index (χ4v) is 3.17. The summed E-state index contributed by atoms with van der Waals surface area (Å²) < 4.78 is 5.74. The van der Waals surface area contributed by atoms with Crippen LogP contribution in [0.25, 0.3) is 0 Å². The zero-order chi connectivity index (χ0) is 14.0. The van der Waals surface area contributed by atoms with Crippen molar-refractivity contribution in [2.45, 2.75) is 45.8 Å². The summed E-state index contributed by atoms with van der Waals surface area (Å²) >= 11 is 1.72. The molecule has 20 heavy (non-hydrogen) atoms. The Balaban J connectivity index is 1.56. The van der Waals surface area contributed by atoms with Crippen LogP contribution in [-0.2, 0) is 17.9 Å². The van der Waals surface area contributed by atoms with Gasteiger partial charge in [0.25, 0.3) is 0 Å². The zero-order valence-corrected chi connectivity index (χ0v) is 13.4. The highest BCUT2D eigenvalue weighted by Gasteiger charge is 2.09. The van der Waals surface area contributed by atoms with E-state index in [2.05, 4.69) is 27.5 Å². The van der Waals surface area contributed by atoms with Gasteiger partial charge < -0.3 is 15.0 Å². The lowest BCUT2D eigenvalue weighted by atomic mass is 10.1. The molecule has 0 amide bonds. The summed E-state index contributed by atoms with van der Waals surface area (Å²) in [5.41, 5.74) is 1.07. The van der Waals surface area contributed by atoms with Crippen LogP contribution in [0, 0.1) is 0 Å². The third-order valence-corrected chi connectivity index (χ3v) is 4.45. The van der Waals surface area contributed by atoms with E-state index in [-0.39, 0.29) is 0 Å². The molecule has 0 spiro atoms. The van der Waals surface area contributed by atoms with E-state index in [1.807, 2.05) is 0 Å². The molecule has 2 rings (SSSR count). The Kier molecular flexibility index (Phi) is 7.51. The molecule has 1 N–H and O–H groups in total. The second-order valence-electron chi connectivity index (χ2n) is 5.36. The van der Waals surface area contributed by atoms with E-state index in [0.29, 0.717) is 6.61 Å². The number of nitrogens with one attached hydrogen (secondary N) is 1. The fraction of sp³-hybridized carbons (Fsp3) is 0.800. The van der Waals surface area contributed by atoms with Crippen molar-refractivity contribution in [1.82, 2.24) is 15.2 Å². The average molecular weight is 297 g/mol. The molecule has 0 aromatic carbocycles. The maximum Gasteiger partial charge on any atom is 0.107 e. The van der Waals surface area contributed by atoms with Gasteiger partial charge in [0.1, 0.15) is 5.01 Å². The maximum absolute atomic E-state index is 5.74. The van der Waals surface area contributed by atoms with Crippen molar-refractivity contribution in [2.75, 3.05) is 32.8 Å². The summed E-state index contributed by atoms with van der Waals surface area (Å²) in [6.45, 7) is 9.14. The first-order valence-electron chi connectivity index (χ1n) is 7.82. The number of thiazole rings is 1. The minimum atomic E-state index is 0.651. The summed E-state index contributed by atoms with van der Waals surface area (Å²) in [5, 5.41) is 6.65. The lowest BCUT2D eigenvalue weighted by Gasteiger charge is -2.25. The highest BCUT2D eigenvalue weighted by atomic mass is 32.1. The van der Waals surface area contributed by atoms with E-state index in [1.54, 1.807) is 11.3 Å². The number of nitrogens with zero attached hydrogens (tertiary/aromatic N) is 2. The Morgan fingerprint density at radius 3 is 3.00 bits per heavy atom. The molecule has 1 saturated heterocycles. The number of rotatable bonds is 9. The first kappa shape index (κ1) is 15.9. The van der Waals surface area contributed by atoms with Crippen LogP contribution in [0.5, 0.6) is 0 Å². The zero-order valence-electron chi connectivity index (χ0n) is 12.6. The van der Waals surface area contributed by atoms with Crippen LogP contribution in [0.3, 0.4) is 0 Å². The monoisotopic (exact) mass is 297 g/mol. The average Bonchev–Trinajstić information content (AvgIpc) is 2.93. The molecule has 5 heteroatoms. The van der Waals surface area contributed by atoms with Gasteiger partial charge in [-0.25, -0.2) is 4.98 Å². The number of likely N-dealkylation sites (tertiary alicyclic amines) is 1. The van der Waals surface area contributed by atoms with Gasteiger partial charge in [0, 0.05) is 18.5 Å². The van der Waals surface area contributed by atoms with E-state index < -0.39 is 0 Å². The first-order valence-corrected chi connectivity index (χ1v) is 8.70. The minimum Gasteiger partial charge on any atom is -0.374 e. The molecule has 2 heterocycles. The predicted molar refractivity (Wildman–Crippen MR) is 84.1 cm³/mol. The largest absolute Gasteiger partial charge is 0.374 e. The normalized spacial score (nSPS) is 16.6. The van der Waals surface area contributed by atoms with Crippen LogP contribution in [0.15, 0.2) is 5.38 Å². The molecule has 4 nitrogen and oxygen atoms in total. The molecular formula is C15H27N3OS. The third-order valence-electron chi connectivity index (χ3n) is 3.55. The molecule has 1 aromatic heterocycles. The van der Waals surface area contributed by atoms with Crippen LogP contribution in [0.2, 0.25) is 0 Å². The number of aromatic nitrogens is 1. The van der Waals surface area contributed by atoms with Gasteiger partial charge in [0.2, 0.25) is 0 Å². The molecule has 0 aliphatic carbocycles. The Morgan fingerprint density at radius 2 is 2.20 bits per heavy atom. The van der Waals surface area contributed by atoms with Crippen molar-refractivity contribution in [3.8, 4) is 0 Å². The molecule has 0 saturated carbocycles. The number of hydrogen-bond donors (Lipinski definition) is 1. The molecule has 114 valence electrons. The molecular weight excluding hydrogens is 270 g/mol. The topological polar surface area (TPSA) is 37.4 Å². The third kappa shape index (κ3) is 5.87. The number of piperidine rings is 1. The molecule has 1 aliphatic rings. The Labute approximate surface area is 126 Å². The van der Waals surface area contributed by atoms with Crippen LogP contribution in [-0.4, -0.2) is 42.7 Å². The Bertz CT molecular complexity index is 364. The van der Waals surface area contributed by atoms with Crippen LogP contribution in [0.1, 0.15) is 43.3 Å². The summed E-state index contributed by atoms with van der Waals surface area (Å²) in [5.74, 6) is 0. The summed E-state index contributed by atoms with van der Waals surface area (Å²) in [7, 11) is 0. The van der Waals surface area contributed by atoms with Crippen molar-refractivity contribution in [2.24, 2.45) is 0 Å². The number of ether oxygens (including phenoxy) is 1. The molecule has 1 aliphatic heterocycles. The molecule has 0 radical (unpaired) electrons. The van der Waals surface area contributed by atoms with Gasteiger partial charge in [-0.15, -0.1) is 11.3 Å². The quantitative estimate of drug-likeness (QED) is 0.711. The molecule has 0 bridgehead atoms. The Morgan fingerprint density at radius 1 is 1.35 bits per heavy atom. The highest BCUT2D eigenvalue weighted by Crippen LogP contribution is 2.11. The van der Waals surface area contributed by atoms with Gasteiger partial charge in [0.15, 0.2) is 0 Å². The van der Waals surface area contributed by atoms with Crippen molar-refractivity contribution < 1.29 is 4.74 Å². The molecule has 0 atom stereocenters. The fourth-order valence-electron chi connectivity index (χ4n) is 2.42. The lowest BCUT2D eigenvalue weighted by molar-refractivity contribution is 0.0847. The van der Waals surface area contributed by atoms with Gasteiger partial charge >= 0.3 is 0 Å². The van der Waals surface area contributed by atoms with Gasteiger partial charge in [-0.2, -0.15) is 0 Å². The van der Waals surface area contributed by atoms with E-state index in [4.69, 9.17) is 4.74 Å². The summed E-state index contributed by atoms with van der Waals surface area (Å²) in [6, 6.07) is 0. The van der Waals surface area contributed by atoms with Gasteiger partial charge in [-0.1, -0.05) is 13.3 Å². The standard InChI is InChI=1S/C15H27N3OS/c1-2-6-16-11-15-17-14(13-20-15)12-19-10-9-18-7-4-3-5-8-18/h13,16H,2-12H2,1H3. The Hall–Kier alpha value is -0.490. The highest BCUT2D eigenvalue weighted by molar-refractivity contribution is 7.09. The van der Waals surface area contributed by atoms with Crippen molar-refractivity contribution >= 4 is 11.3 Å². The SMILES string of the molecule is CCCNCc1nc(COCCN2CCCCC2)cs1. The maximum atomic E-state index is 5.74. The molecule has 0 unspecified atom stereocenters. The smallest absolute Gasteiger partial charge is 0.107 e. The molecule has 1 aromatic rings. The van der Waals surface area contributed by atoms with Gasteiger partial charge in [-0.3, -0.25) is 0 Å². The van der Waals surface area contributed by atoms with Crippen molar-refractivity contribution in [3.63, 3.8) is 0 Å². The van der Waals surface area contributed by atoms with Crippen molar-refractivity contribution in [3.05, 3.63) is 16.1 Å². The van der Waals surface area contributed by atoms with E-state index >= 15 is 0 Å². The second kappa shape index (κ2) is 9.45. The van der Waals surface area contributed by atoms with Crippen LogP contribution in [0.4, 0.5) is 0 Å². The van der Waals surface area contributed by atoms with Crippen LogP contribution >= 0.6 is 11.3 Å². The first-order chi connectivity index (χ1) is 9.88. The van der Waals surface area contributed by atoms with Gasteiger partial charge in [0.05, 0.1) is 18.9 Å². The summed E-state index contributed by atoms with van der Waals surface area (Å²) in [6.07, 6.45) is 5.25.